The first-order chi connectivity index (χ1) is 8.00. The molecule has 8 heteroatoms. The summed E-state index contributed by atoms with van der Waals surface area (Å²) in [5.74, 6) is -1.46. The van der Waals surface area contributed by atoms with Crippen LogP contribution < -0.4 is 0 Å². The van der Waals surface area contributed by atoms with E-state index < -0.39 is 22.1 Å². The van der Waals surface area contributed by atoms with E-state index in [1.54, 1.807) is 0 Å². The highest BCUT2D eigenvalue weighted by molar-refractivity contribution is 5.70. The lowest BCUT2D eigenvalue weighted by Gasteiger charge is -2.04. The summed E-state index contributed by atoms with van der Waals surface area (Å²) >= 11 is 0. The van der Waals surface area contributed by atoms with Crippen LogP contribution in [-0.4, -0.2) is 30.3 Å². The first kappa shape index (κ1) is 10.7. The number of hydrogen-bond acceptors (Lipinski definition) is 6. The van der Waals surface area contributed by atoms with Gasteiger partial charge in [0.1, 0.15) is 5.69 Å². The first-order valence-electron chi connectivity index (χ1n) is 4.44. The maximum absolute atomic E-state index is 10.6. The molecule has 8 nitrogen and oxygen atoms in total. The van der Waals surface area contributed by atoms with Crippen LogP contribution in [0.4, 0.5) is 5.69 Å². The lowest BCUT2D eigenvalue weighted by Crippen LogP contribution is -1.96. The molecule has 0 amide bonds. The van der Waals surface area contributed by atoms with Gasteiger partial charge in [0, 0.05) is 11.6 Å². The fourth-order valence-corrected chi connectivity index (χ4v) is 1.40. The Kier molecular flexibility index (Phi) is 2.32. The summed E-state index contributed by atoms with van der Waals surface area (Å²) in [6, 6.07) is 3.51. The van der Waals surface area contributed by atoms with Crippen LogP contribution in [-0.2, 0) is 0 Å². The molecule has 1 aromatic heterocycles. The molecule has 88 valence electrons. The molecular formula is C9H7N3O5. The Bertz CT molecular complexity index is 592. The lowest BCUT2D eigenvalue weighted by atomic mass is 10.1. The van der Waals surface area contributed by atoms with Gasteiger partial charge in [0.15, 0.2) is 5.75 Å². The highest BCUT2D eigenvalue weighted by Crippen LogP contribution is 2.39. The van der Waals surface area contributed by atoms with Crippen LogP contribution in [0.3, 0.4) is 0 Å². The van der Waals surface area contributed by atoms with Crippen molar-refractivity contribution in [2.45, 2.75) is 0 Å². The Labute approximate surface area is 94.1 Å². The molecule has 2 rings (SSSR count). The van der Waals surface area contributed by atoms with Crippen LogP contribution in [0.5, 0.6) is 11.5 Å². The fourth-order valence-electron chi connectivity index (χ4n) is 1.40. The third-order valence-corrected chi connectivity index (χ3v) is 2.19. The first-order valence-corrected chi connectivity index (χ1v) is 4.44. The number of nitro groups is 1. The molecule has 0 bridgehead atoms. The van der Waals surface area contributed by atoms with Crippen molar-refractivity contribution in [3.05, 3.63) is 34.5 Å². The van der Waals surface area contributed by atoms with E-state index in [0.29, 0.717) is 4.85 Å². The topological polar surface area (TPSA) is 122 Å². The number of benzene rings is 1. The predicted octanol–water partition coefficient (Wildman–Crippen LogP) is 1.11. The van der Waals surface area contributed by atoms with Gasteiger partial charge in [-0.25, -0.2) is 0 Å². The Morgan fingerprint density at radius 2 is 2.06 bits per heavy atom. The Hall–Kier alpha value is -2.77. The van der Waals surface area contributed by atoms with E-state index in [4.69, 9.17) is 0 Å². The minimum Gasteiger partial charge on any atom is -0.504 e. The summed E-state index contributed by atoms with van der Waals surface area (Å²) in [6.07, 6.45) is 1.28. The summed E-state index contributed by atoms with van der Waals surface area (Å²) in [7, 11) is 0. The van der Waals surface area contributed by atoms with Gasteiger partial charge in [0.05, 0.1) is 11.1 Å². The second-order valence-electron chi connectivity index (χ2n) is 3.23. The van der Waals surface area contributed by atoms with E-state index >= 15 is 0 Å². The monoisotopic (exact) mass is 237 g/mol. The Balaban J connectivity index is 2.65. The molecule has 0 fully saturated rings. The molecule has 0 atom stereocenters. The standard InChI is InChI=1S/C9H7N3O5/c13-8-4-5(6-1-2-10-11(6)15)3-7(9(8)14)12(16)17/h1-4,13-15H. The van der Waals surface area contributed by atoms with Gasteiger partial charge < -0.3 is 15.4 Å². The van der Waals surface area contributed by atoms with E-state index in [2.05, 4.69) is 5.10 Å². The highest BCUT2D eigenvalue weighted by Gasteiger charge is 2.20. The zero-order valence-electron chi connectivity index (χ0n) is 8.31. The van der Waals surface area contributed by atoms with Crippen molar-refractivity contribution in [1.29, 1.82) is 0 Å². The number of hydrogen-bond donors (Lipinski definition) is 3. The third-order valence-electron chi connectivity index (χ3n) is 2.19. The molecular weight excluding hydrogens is 230 g/mol. The van der Waals surface area contributed by atoms with E-state index in [1.807, 2.05) is 0 Å². The van der Waals surface area contributed by atoms with Crippen LogP contribution in [0.1, 0.15) is 0 Å². The second-order valence-corrected chi connectivity index (χ2v) is 3.23. The summed E-state index contributed by atoms with van der Waals surface area (Å²) in [5, 5.41) is 42.0. The van der Waals surface area contributed by atoms with Crippen LogP contribution in [0.15, 0.2) is 24.4 Å². The number of phenolic OH excluding ortho intramolecular Hbond substituents is 2. The van der Waals surface area contributed by atoms with Gasteiger partial charge in [-0.15, -0.1) is 9.94 Å². The minimum atomic E-state index is -0.837. The molecule has 0 unspecified atom stereocenters. The number of nitrogens with zero attached hydrogens (tertiary/aromatic N) is 3. The summed E-state index contributed by atoms with van der Waals surface area (Å²) < 4.78 is 0. The van der Waals surface area contributed by atoms with Gasteiger partial charge in [-0.05, 0) is 12.1 Å². The Morgan fingerprint density at radius 3 is 2.59 bits per heavy atom. The average molecular weight is 237 g/mol. The van der Waals surface area contributed by atoms with Crippen molar-refractivity contribution in [2.75, 3.05) is 0 Å². The van der Waals surface area contributed by atoms with Crippen LogP contribution >= 0.6 is 0 Å². The molecule has 17 heavy (non-hydrogen) atoms. The molecule has 0 saturated carbocycles. The highest BCUT2D eigenvalue weighted by atomic mass is 16.6. The van der Waals surface area contributed by atoms with Crippen LogP contribution in [0.2, 0.25) is 0 Å². The number of rotatable bonds is 2. The van der Waals surface area contributed by atoms with Crippen molar-refractivity contribution in [3.63, 3.8) is 0 Å². The molecule has 0 radical (unpaired) electrons. The van der Waals surface area contributed by atoms with Gasteiger partial charge in [-0.3, -0.25) is 10.1 Å². The lowest BCUT2D eigenvalue weighted by molar-refractivity contribution is -0.385. The average Bonchev–Trinajstić information content (AvgIpc) is 2.68. The minimum absolute atomic E-state index is 0.156. The van der Waals surface area contributed by atoms with Gasteiger partial charge in [-0.2, -0.15) is 0 Å². The number of aromatic nitrogens is 2. The SMILES string of the molecule is O=[N+]([O-])c1cc(-c2ccnn2O)cc(O)c1O. The molecule has 0 spiro atoms. The Morgan fingerprint density at radius 1 is 1.35 bits per heavy atom. The van der Waals surface area contributed by atoms with E-state index in [9.17, 15) is 25.5 Å². The molecule has 0 aliphatic heterocycles. The van der Waals surface area contributed by atoms with E-state index in [0.717, 1.165) is 12.1 Å². The normalized spacial score (nSPS) is 10.4. The van der Waals surface area contributed by atoms with Crippen molar-refractivity contribution in [1.82, 2.24) is 9.94 Å². The zero-order valence-corrected chi connectivity index (χ0v) is 8.31. The summed E-state index contributed by atoms with van der Waals surface area (Å²) in [4.78, 5) is 10.3. The van der Waals surface area contributed by atoms with Gasteiger partial charge in [-0.1, -0.05) is 0 Å². The van der Waals surface area contributed by atoms with Crippen LogP contribution in [0, 0.1) is 10.1 Å². The molecule has 0 aliphatic carbocycles. The fraction of sp³-hybridized carbons (Fsp3) is 0. The van der Waals surface area contributed by atoms with Crippen molar-refractivity contribution in [2.24, 2.45) is 0 Å². The summed E-state index contributed by atoms with van der Waals surface area (Å²) in [6.45, 7) is 0. The molecule has 2 aromatic rings. The smallest absolute Gasteiger partial charge is 0.315 e. The van der Waals surface area contributed by atoms with Crippen LogP contribution in [0.25, 0.3) is 11.3 Å². The largest absolute Gasteiger partial charge is 0.504 e. The van der Waals surface area contributed by atoms with Gasteiger partial charge in [0.2, 0.25) is 5.75 Å². The quantitative estimate of drug-likeness (QED) is 0.311. The maximum atomic E-state index is 10.6. The number of phenols is 2. The molecule has 1 heterocycles. The number of aromatic hydroxyl groups is 2. The van der Waals surface area contributed by atoms with Gasteiger partial charge in [0.25, 0.3) is 0 Å². The van der Waals surface area contributed by atoms with Crippen molar-refractivity contribution >= 4 is 5.69 Å². The van der Waals surface area contributed by atoms with Gasteiger partial charge >= 0.3 is 5.69 Å². The predicted molar refractivity (Wildman–Crippen MR) is 54.8 cm³/mol. The third kappa shape index (κ3) is 1.71. The second kappa shape index (κ2) is 3.67. The molecule has 3 N–H and O–H groups in total. The van der Waals surface area contributed by atoms with Crippen molar-refractivity contribution < 1.29 is 20.3 Å². The zero-order chi connectivity index (χ0) is 12.6. The van der Waals surface area contributed by atoms with E-state index in [-0.39, 0.29) is 11.3 Å². The maximum Gasteiger partial charge on any atom is 0.315 e. The summed E-state index contributed by atoms with van der Waals surface area (Å²) in [5.41, 5.74) is -0.336. The molecule has 0 saturated heterocycles. The van der Waals surface area contributed by atoms with Crippen molar-refractivity contribution in [3.8, 4) is 22.8 Å². The molecule has 1 aromatic carbocycles. The van der Waals surface area contributed by atoms with E-state index in [1.165, 1.54) is 12.3 Å². The molecule has 0 aliphatic rings. The number of nitro benzene ring substituents is 1.